The highest BCUT2D eigenvalue weighted by Gasteiger charge is 2.26. The van der Waals surface area contributed by atoms with Crippen LogP contribution in [0.2, 0.25) is 0 Å². The summed E-state index contributed by atoms with van der Waals surface area (Å²) in [6.45, 7) is 0.238. The third-order valence-corrected chi connectivity index (χ3v) is 3.19. The minimum Gasteiger partial charge on any atom is -0.480 e. The molecule has 1 aliphatic rings. The number of carboxylic acid groups (broad SMARTS) is 1. The van der Waals surface area contributed by atoms with E-state index in [1.54, 1.807) is 0 Å². The van der Waals surface area contributed by atoms with Gasteiger partial charge in [-0.15, -0.1) is 0 Å². The molecule has 5 heteroatoms. The normalized spacial score (nSPS) is 14.1. The standard InChI is InChI=1S/C14H17NO4/c16-13(17)9-19-6-5-15-14(18)12-7-10-3-1-2-4-11(10)8-12/h1-4,12H,5-9H2,(H,15,18)(H,16,17). The molecule has 5 nitrogen and oxygen atoms in total. The van der Waals surface area contributed by atoms with Crippen molar-refractivity contribution in [3.63, 3.8) is 0 Å². The molecule has 0 heterocycles. The Morgan fingerprint density at radius 3 is 2.47 bits per heavy atom. The second-order valence-electron chi connectivity index (χ2n) is 4.61. The lowest BCUT2D eigenvalue weighted by atomic mass is 10.1. The van der Waals surface area contributed by atoms with Crippen LogP contribution >= 0.6 is 0 Å². The zero-order valence-corrected chi connectivity index (χ0v) is 10.6. The van der Waals surface area contributed by atoms with E-state index in [2.05, 4.69) is 17.4 Å². The van der Waals surface area contributed by atoms with Crippen molar-refractivity contribution >= 4 is 11.9 Å². The number of ether oxygens (including phenoxy) is 1. The first-order valence-electron chi connectivity index (χ1n) is 6.31. The summed E-state index contributed by atoms with van der Waals surface area (Å²) in [5, 5.41) is 11.2. The van der Waals surface area contributed by atoms with E-state index in [-0.39, 0.29) is 25.0 Å². The molecule has 0 aromatic heterocycles. The molecule has 0 aliphatic heterocycles. The van der Waals surface area contributed by atoms with Gasteiger partial charge in [0.15, 0.2) is 0 Å². The van der Waals surface area contributed by atoms with Gasteiger partial charge in [-0.05, 0) is 24.0 Å². The van der Waals surface area contributed by atoms with E-state index in [9.17, 15) is 9.59 Å². The molecule has 0 bridgehead atoms. The number of carboxylic acids is 1. The number of fused-ring (bicyclic) bond motifs is 1. The average molecular weight is 263 g/mol. The summed E-state index contributed by atoms with van der Waals surface area (Å²) in [5.74, 6) is -1.01. The van der Waals surface area contributed by atoms with Crippen LogP contribution in [-0.2, 0) is 27.2 Å². The maximum absolute atomic E-state index is 11.9. The van der Waals surface area contributed by atoms with E-state index in [0.29, 0.717) is 6.54 Å². The molecule has 0 radical (unpaired) electrons. The molecular formula is C14H17NO4. The quantitative estimate of drug-likeness (QED) is 0.738. The lowest BCUT2D eigenvalue weighted by Crippen LogP contribution is -2.33. The molecule has 0 spiro atoms. The summed E-state index contributed by atoms with van der Waals surface area (Å²) < 4.78 is 4.86. The predicted molar refractivity (Wildman–Crippen MR) is 68.8 cm³/mol. The van der Waals surface area contributed by atoms with Crippen molar-refractivity contribution in [3.05, 3.63) is 35.4 Å². The number of hydrogen-bond acceptors (Lipinski definition) is 3. The number of aliphatic carboxylic acids is 1. The van der Waals surface area contributed by atoms with Crippen LogP contribution in [0.1, 0.15) is 11.1 Å². The Kier molecular flexibility index (Phi) is 4.52. The van der Waals surface area contributed by atoms with Crippen LogP contribution < -0.4 is 5.32 Å². The van der Waals surface area contributed by atoms with Gasteiger partial charge in [-0.25, -0.2) is 4.79 Å². The van der Waals surface area contributed by atoms with E-state index in [0.717, 1.165) is 12.8 Å². The van der Waals surface area contributed by atoms with Gasteiger partial charge >= 0.3 is 5.97 Å². The topological polar surface area (TPSA) is 75.6 Å². The van der Waals surface area contributed by atoms with Gasteiger partial charge in [-0.3, -0.25) is 4.79 Å². The average Bonchev–Trinajstić information content (AvgIpc) is 2.81. The van der Waals surface area contributed by atoms with Crippen molar-refractivity contribution in [2.45, 2.75) is 12.8 Å². The van der Waals surface area contributed by atoms with Crippen molar-refractivity contribution in [3.8, 4) is 0 Å². The largest absolute Gasteiger partial charge is 0.480 e. The molecule has 0 saturated heterocycles. The zero-order chi connectivity index (χ0) is 13.7. The summed E-state index contributed by atoms with van der Waals surface area (Å²) in [6.07, 6.45) is 1.55. The molecule has 1 aromatic carbocycles. The Morgan fingerprint density at radius 2 is 1.89 bits per heavy atom. The van der Waals surface area contributed by atoms with Gasteiger partial charge in [-0.2, -0.15) is 0 Å². The molecule has 1 aromatic rings. The highest BCUT2D eigenvalue weighted by atomic mass is 16.5. The molecular weight excluding hydrogens is 246 g/mol. The van der Waals surface area contributed by atoms with Crippen molar-refractivity contribution in [2.75, 3.05) is 19.8 Å². The van der Waals surface area contributed by atoms with Crippen molar-refractivity contribution in [1.82, 2.24) is 5.32 Å². The molecule has 0 saturated carbocycles. The number of amides is 1. The Bertz CT molecular complexity index is 447. The lowest BCUT2D eigenvalue weighted by Gasteiger charge is -2.10. The minimum absolute atomic E-state index is 0.00938. The number of carbonyl (C=O) groups is 2. The van der Waals surface area contributed by atoms with E-state index in [1.165, 1.54) is 11.1 Å². The third-order valence-electron chi connectivity index (χ3n) is 3.19. The number of rotatable bonds is 6. The molecule has 0 fully saturated rings. The smallest absolute Gasteiger partial charge is 0.329 e. The van der Waals surface area contributed by atoms with Gasteiger partial charge in [0.25, 0.3) is 0 Å². The number of carbonyl (C=O) groups excluding carboxylic acids is 1. The zero-order valence-electron chi connectivity index (χ0n) is 10.6. The summed E-state index contributed by atoms with van der Waals surface area (Å²) in [5.41, 5.74) is 2.48. The Balaban J connectivity index is 1.70. The SMILES string of the molecule is O=C(O)COCCNC(=O)C1Cc2ccccc2C1. The van der Waals surface area contributed by atoms with Crippen LogP contribution in [0.25, 0.3) is 0 Å². The van der Waals surface area contributed by atoms with E-state index in [4.69, 9.17) is 9.84 Å². The lowest BCUT2D eigenvalue weighted by molar-refractivity contribution is -0.142. The minimum atomic E-state index is -1.00. The molecule has 1 amide bonds. The monoisotopic (exact) mass is 263 g/mol. The first kappa shape index (κ1) is 13.5. The van der Waals surface area contributed by atoms with Gasteiger partial charge in [-0.1, -0.05) is 24.3 Å². The Hall–Kier alpha value is -1.88. The molecule has 19 heavy (non-hydrogen) atoms. The predicted octanol–water partition coefficient (Wildman–Crippen LogP) is 0.619. The van der Waals surface area contributed by atoms with Crippen LogP contribution in [0, 0.1) is 5.92 Å². The van der Waals surface area contributed by atoms with Crippen molar-refractivity contribution in [2.24, 2.45) is 5.92 Å². The van der Waals surface area contributed by atoms with E-state index >= 15 is 0 Å². The second-order valence-corrected chi connectivity index (χ2v) is 4.61. The molecule has 0 unspecified atom stereocenters. The first-order chi connectivity index (χ1) is 9.16. The number of nitrogens with one attached hydrogen (secondary N) is 1. The van der Waals surface area contributed by atoms with Gasteiger partial charge in [0.05, 0.1) is 6.61 Å². The van der Waals surface area contributed by atoms with Crippen LogP contribution in [0.15, 0.2) is 24.3 Å². The molecule has 2 N–H and O–H groups in total. The number of hydrogen-bond donors (Lipinski definition) is 2. The van der Waals surface area contributed by atoms with Crippen molar-refractivity contribution < 1.29 is 19.4 Å². The molecule has 1 aliphatic carbocycles. The fourth-order valence-electron chi connectivity index (χ4n) is 2.29. The highest BCUT2D eigenvalue weighted by molar-refractivity contribution is 5.80. The van der Waals surface area contributed by atoms with Gasteiger partial charge in [0.1, 0.15) is 6.61 Å². The van der Waals surface area contributed by atoms with Crippen LogP contribution in [-0.4, -0.2) is 36.7 Å². The van der Waals surface area contributed by atoms with Gasteiger partial charge < -0.3 is 15.2 Å². The van der Waals surface area contributed by atoms with Crippen LogP contribution in [0.3, 0.4) is 0 Å². The fourth-order valence-corrected chi connectivity index (χ4v) is 2.29. The van der Waals surface area contributed by atoms with Gasteiger partial charge in [0, 0.05) is 12.5 Å². The Morgan fingerprint density at radius 1 is 1.26 bits per heavy atom. The molecule has 102 valence electrons. The van der Waals surface area contributed by atoms with E-state index < -0.39 is 5.97 Å². The third kappa shape index (κ3) is 3.79. The summed E-state index contributed by atoms with van der Waals surface area (Å²) in [6, 6.07) is 8.08. The van der Waals surface area contributed by atoms with Crippen LogP contribution in [0.5, 0.6) is 0 Å². The number of benzene rings is 1. The summed E-state index contributed by atoms with van der Waals surface area (Å²) in [7, 11) is 0. The summed E-state index contributed by atoms with van der Waals surface area (Å²) in [4.78, 5) is 22.1. The second kappa shape index (κ2) is 6.33. The molecule has 0 atom stereocenters. The first-order valence-corrected chi connectivity index (χ1v) is 6.31. The fraction of sp³-hybridized carbons (Fsp3) is 0.429. The maximum atomic E-state index is 11.9. The van der Waals surface area contributed by atoms with E-state index in [1.807, 2.05) is 12.1 Å². The Labute approximate surface area is 111 Å². The van der Waals surface area contributed by atoms with Crippen LogP contribution in [0.4, 0.5) is 0 Å². The molecule has 2 rings (SSSR count). The summed E-state index contributed by atoms with van der Waals surface area (Å²) >= 11 is 0. The maximum Gasteiger partial charge on any atom is 0.329 e. The highest BCUT2D eigenvalue weighted by Crippen LogP contribution is 2.26. The van der Waals surface area contributed by atoms with Gasteiger partial charge in [0.2, 0.25) is 5.91 Å². The van der Waals surface area contributed by atoms with Crippen molar-refractivity contribution in [1.29, 1.82) is 0 Å².